The molecule has 0 radical (unpaired) electrons. The molecule has 206 valence electrons. The van der Waals surface area contributed by atoms with Gasteiger partial charge in [0.05, 0.1) is 27.9 Å². The molecule has 0 aromatic heterocycles. The van der Waals surface area contributed by atoms with Crippen molar-refractivity contribution in [2.45, 2.75) is 13.2 Å². The second-order valence-electron chi connectivity index (χ2n) is 8.88. The molecule has 0 aliphatic carbocycles. The van der Waals surface area contributed by atoms with Crippen molar-refractivity contribution in [3.63, 3.8) is 0 Å². The lowest BCUT2D eigenvalue weighted by molar-refractivity contribution is 0.0464. The molecule has 0 bridgehead atoms. The van der Waals surface area contributed by atoms with Gasteiger partial charge in [-0.1, -0.05) is 58.5 Å². The van der Waals surface area contributed by atoms with Gasteiger partial charge in [-0.05, 0) is 66.7 Å². The highest BCUT2D eigenvalue weighted by Crippen LogP contribution is 2.30. The third-order valence-corrected chi connectivity index (χ3v) is 7.41. The molecule has 1 heterocycles. The number of halogens is 4. The molecule has 41 heavy (non-hydrogen) atoms. The molecule has 0 N–H and O–H groups in total. The van der Waals surface area contributed by atoms with Crippen molar-refractivity contribution in [1.29, 1.82) is 0 Å². The molecule has 0 atom stereocenters. The Morgan fingerprint density at radius 3 is 1.61 bits per heavy atom. The Morgan fingerprint density at radius 1 is 0.585 bits per heavy atom. The molecule has 11 heteroatoms. The minimum Gasteiger partial charge on any atom is -0.457 e. The summed E-state index contributed by atoms with van der Waals surface area (Å²) in [7, 11) is 0. The highest BCUT2D eigenvalue weighted by Gasteiger charge is 2.37. The standard InChI is InChI=1S/C30H17Cl4NO6/c31-20-6-1-18(25(33)12-20)14-40-29(38)16-3-8-22(9-4-16)35-27(36)23-10-5-17(11-24(23)28(35)37)30(39)41-15-19-2-7-21(32)13-26(19)34/h1-13H,14-15H2. The number of fused-ring (bicyclic) bond motifs is 1. The molecule has 0 fully saturated rings. The Morgan fingerprint density at radius 2 is 1.07 bits per heavy atom. The van der Waals surface area contributed by atoms with Crippen molar-refractivity contribution in [2.75, 3.05) is 4.90 Å². The van der Waals surface area contributed by atoms with Crippen molar-refractivity contribution in [3.05, 3.63) is 132 Å². The molecule has 1 aliphatic heterocycles. The fraction of sp³-hybridized carbons (Fsp3) is 0.0667. The molecule has 0 saturated carbocycles. The fourth-order valence-electron chi connectivity index (χ4n) is 4.08. The van der Waals surface area contributed by atoms with Crippen LogP contribution in [0.1, 0.15) is 52.6 Å². The van der Waals surface area contributed by atoms with Gasteiger partial charge in [0.25, 0.3) is 11.8 Å². The number of carbonyl (C=O) groups is 4. The quantitative estimate of drug-likeness (QED) is 0.153. The van der Waals surface area contributed by atoms with E-state index in [0.717, 1.165) is 4.90 Å². The van der Waals surface area contributed by atoms with Crippen LogP contribution in [0.4, 0.5) is 5.69 Å². The first-order valence-corrected chi connectivity index (χ1v) is 13.5. The van der Waals surface area contributed by atoms with Gasteiger partial charge in [0.15, 0.2) is 0 Å². The molecular weight excluding hydrogens is 612 g/mol. The summed E-state index contributed by atoms with van der Waals surface area (Å²) in [4.78, 5) is 52.4. The lowest BCUT2D eigenvalue weighted by Gasteiger charge is -2.14. The van der Waals surface area contributed by atoms with Gasteiger partial charge in [-0.15, -0.1) is 0 Å². The Kier molecular flexibility index (Phi) is 8.33. The van der Waals surface area contributed by atoms with E-state index in [1.807, 2.05) is 0 Å². The monoisotopic (exact) mass is 627 g/mol. The van der Waals surface area contributed by atoms with Crippen molar-refractivity contribution < 1.29 is 28.7 Å². The summed E-state index contributed by atoms with van der Waals surface area (Å²) >= 11 is 24.0. The number of esters is 2. The summed E-state index contributed by atoms with van der Waals surface area (Å²) in [5.41, 5.74) is 1.88. The van der Waals surface area contributed by atoms with Crippen molar-refractivity contribution in [3.8, 4) is 0 Å². The van der Waals surface area contributed by atoms with Crippen LogP contribution in [0.25, 0.3) is 0 Å². The highest BCUT2D eigenvalue weighted by molar-refractivity contribution is 6.36. The number of imide groups is 1. The lowest BCUT2D eigenvalue weighted by Crippen LogP contribution is -2.29. The van der Waals surface area contributed by atoms with Crippen LogP contribution in [0.3, 0.4) is 0 Å². The van der Waals surface area contributed by atoms with Crippen molar-refractivity contribution in [2.24, 2.45) is 0 Å². The molecule has 7 nitrogen and oxygen atoms in total. The van der Waals surface area contributed by atoms with Crippen LogP contribution >= 0.6 is 46.4 Å². The summed E-state index contributed by atoms with van der Waals surface area (Å²) < 4.78 is 10.6. The van der Waals surface area contributed by atoms with E-state index in [1.54, 1.807) is 30.3 Å². The van der Waals surface area contributed by atoms with E-state index in [0.29, 0.717) is 31.2 Å². The van der Waals surface area contributed by atoms with Crippen LogP contribution in [0.15, 0.2) is 78.9 Å². The molecule has 1 aliphatic rings. The van der Waals surface area contributed by atoms with Gasteiger partial charge in [0, 0.05) is 31.2 Å². The Hall–Kier alpha value is -3.88. The Labute approximate surface area is 254 Å². The first-order valence-electron chi connectivity index (χ1n) is 12.0. The minimum atomic E-state index is -0.694. The molecule has 4 aromatic carbocycles. The number of hydrogen-bond donors (Lipinski definition) is 0. The smallest absolute Gasteiger partial charge is 0.338 e. The topological polar surface area (TPSA) is 90.0 Å². The van der Waals surface area contributed by atoms with Gasteiger partial charge in [-0.3, -0.25) is 9.59 Å². The molecular formula is C30H17Cl4NO6. The van der Waals surface area contributed by atoms with E-state index in [9.17, 15) is 19.2 Å². The third-order valence-electron chi connectivity index (χ3n) is 6.23. The van der Waals surface area contributed by atoms with E-state index in [1.165, 1.54) is 48.5 Å². The zero-order valence-corrected chi connectivity index (χ0v) is 23.9. The van der Waals surface area contributed by atoms with Gasteiger partial charge in [-0.25, -0.2) is 14.5 Å². The third kappa shape index (κ3) is 6.09. The van der Waals surface area contributed by atoms with E-state index in [2.05, 4.69) is 0 Å². The van der Waals surface area contributed by atoms with Gasteiger partial charge in [0.2, 0.25) is 0 Å². The number of amides is 2. The summed E-state index contributed by atoms with van der Waals surface area (Å²) in [5, 5.41) is 1.63. The van der Waals surface area contributed by atoms with Crippen molar-refractivity contribution >= 4 is 75.8 Å². The summed E-state index contributed by atoms with van der Waals surface area (Å²) in [5.74, 6) is -2.49. The van der Waals surface area contributed by atoms with E-state index >= 15 is 0 Å². The number of hydrogen-bond acceptors (Lipinski definition) is 6. The summed E-state index contributed by atoms with van der Waals surface area (Å²) in [6.07, 6.45) is 0. The second kappa shape index (κ2) is 11.9. The van der Waals surface area contributed by atoms with Gasteiger partial charge < -0.3 is 9.47 Å². The number of rotatable bonds is 7. The van der Waals surface area contributed by atoms with Crippen LogP contribution < -0.4 is 4.90 Å². The first kappa shape index (κ1) is 28.6. The highest BCUT2D eigenvalue weighted by atomic mass is 35.5. The summed E-state index contributed by atoms with van der Waals surface area (Å²) in [6.45, 7) is -0.168. The van der Waals surface area contributed by atoms with E-state index in [4.69, 9.17) is 55.9 Å². The fourth-order valence-corrected chi connectivity index (χ4v) is 5.01. The molecule has 0 saturated heterocycles. The predicted molar refractivity (Wildman–Crippen MR) is 155 cm³/mol. The van der Waals surface area contributed by atoms with Crippen LogP contribution in [-0.4, -0.2) is 23.8 Å². The second-order valence-corrected chi connectivity index (χ2v) is 10.6. The maximum Gasteiger partial charge on any atom is 0.338 e. The zero-order valence-electron chi connectivity index (χ0n) is 20.8. The molecule has 0 spiro atoms. The molecule has 5 rings (SSSR count). The number of nitrogens with zero attached hydrogens (tertiary/aromatic N) is 1. The van der Waals surface area contributed by atoms with E-state index < -0.39 is 23.8 Å². The SMILES string of the molecule is O=C(OCc1ccc(Cl)cc1Cl)c1ccc(N2C(=O)c3ccc(C(=O)OCc4ccc(Cl)cc4Cl)cc3C2=O)cc1. The van der Waals surface area contributed by atoms with Crippen LogP contribution in [0.5, 0.6) is 0 Å². The zero-order chi connectivity index (χ0) is 29.3. The molecule has 0 unspecified atom stereocenters. The Bertz CT molecular complexity index is 1720. The number of ether oxygens (including phenoxy) is 2. The molecule has 4 aromatic rings. The largest absolute Gasteiger partial charge is 0.457 e. The Balaban J connectivity index is 1.26. The first-order chi connectivity index (χ1) is 19.6. The van der Waals surface area contributed by atoms with Crippen molar-refractivity contribution in [1.82, 2.24) is 0 Å². The normalized spacial score (nSPS) is 12.3. The maximum atomic E-state index is 13.2. The number of benzene rings is 4. The van der Waals surface area contributed by atoms with Gasteiger partial charge in [-0.2, -0.15) is 0 Å². The average molecular weight is 629 g/mol. The average Bonchev–Trinajstić information content (AvgIpc) is 3.20. The van der Waals surface area contributed by atoms with E-state index in [-0.39, 0.29) is 41.2 Å². The van der Waals surface area contributed by atoms with Crippen LogP contribution in [0.2, 0.25) is 20.1 Å². The lowest BCUT2D eigenvalue weighted by atomic mass is 10.1. The van der Waals surface area contributed by atoms with Crippen LogP contribution in [0, 0.1) is 0 Å². The maximum absolute atomic E-state index is 13.2. The van der Waals surface area contributed by atoms with Gasteiger partial charge >= 0.3 is 11.9 Å². The molecule has 2 amide bonds. The van der Waals surface area contributed by atoms with Crippen LogP contribution in [-0.2, 0) is 22.7 Å². The number of anilines is 1. The predicted octanol–water partition coefficient (Wildman–Crippen LogP) is 7.81. The van der Waals surface area contributed by atoms with Gasteiger partial charge in [0.1, 0.15) is 13.2 Å². The minimum absolute atomic E-state index is 0.0531. The summed E-state index contributed by atoms with van der Waals surface area (Å²) in [6, 6.07) is 19.6. The number of carbonyl (C=O) groups excluding carboxylic acids is 4.